The second-order valence-corrected chi connectivity index (χ2v) is 9.85. The molecule has 1 atom stereocenters. The van der Waals surface area contributed by atoms with E-state index in [1.165, 1.54) is 5.56 Å². The van der Waals surface area contributed by atoms with Crippen molar-refractivity contribution in [2.75, 3.05) is 25.0 Å². The zero-order chi connectivity index (χ0) is 25.9. The Bertz CT molecular complexity index is 1480. The van der Waals surface area contributed by atoms with Crippen LogP contribution in [0.15, 0.2) is 78.0 Å². The van der Waals surface area contributed by atoms with E-state index in [1.807, 2.05) is 41.1 Å². The summed E-state index contributed by atoms with van der Waals surface area (Å²) < 4.78 is 2.02. The average molecular weight is 504 g/mol. The smallest absolute Gasteiger partial charge is 0.135 e. The fourth-order valence-electron chi connectivity index (χ4n) is 5.35. The van der Waals surface area contributed by atoms with E-state index in [9.17, 15) is 10.4 Å². The number of aromatic nitrogens is 3. The summed E-state index contributed by atoms with van der Waals surface area (Å²) in [6, 6.07) is 23.1. The zero-order valence-corrected chi connectivity index (χ0v) is 21.0. The van der Waals surface area contributed by atoms with Crippen molar-refractivity contribution in [1.29, 1.82) is 5.26 Å². The highest BCUT2D eigenvalue weighted by Crippen LogP contribution is 2.33. The quantitative estimate of drug-likeness (QED) is 0.405. The minimum atomic E-state index is -0.615. The number of benzene rings is 2. The van der Waals surface area contributed by atoms with Crippen LogP contribution in [-0.4, -0.2) is 50.7 Å². The third kappa shape index (κ3) is 4.82. The van der Waals surface area contributed by atoms with Crippen molar-refractivity contribution in [2.24, 2.45) is 4.99 Å². The molecule has 4 aromatic rings. The second kappa shape index (κ2) is 10.6. The van der Waals surface area contributed by atoms with E-state index in [-0.39, 0.29) is 0 Å². The van der Waals surface area contributed by atoms with Crippen LogP contribution in [-0.2, 0) is 6.54 Å². The number of rotatable bonds is 5. The van der Waals surface area contributed by atoms with Gasteiger partial charge in [0.15, 0.2) is 0 Å². The van der Waals surface area contributed by atoms with Crippen LogP contribution in [0, 0.1) is 11.3 Å². The average Bonchev–Trinajstić information content (AvgIpc) is 3.31. The van der Waals surface area contributed by atoms with Gasteiger partial charge in [0, 0.05) is 42.5 Å². The number of nitrogens with one attached hydrogen (secondary N) is 1. The number of nitriles is 1. The number of nitrogens with zero attached hydrogens (tertiary/aromatic N) is 6. The van der Waals surface area contributed by atoms with Crippen molar-refractivity contribution in [2.45, 2.75) is 31.5 Å². The van der Waals surface area contributed by atoms with Crippen LogP contribution >= 0.6 is 0 Å². The first kappa shape index (κ1) is 24.0. The van der Waals surface area contributed by atoms with Crippen molar-refractivity contribution < 1.29 is 5.11 Å². The fourth-order valence-corrected chi connectivity index (χ4v) is 5.35. The number of aliphatic imine (C=N–C) groups is 1. The molecule has 2 aromatic heterocycles. The Balaban J connectivity index is 1.13. The van der Waals surface area contributed by atoms with E-state index >= 15 is 0 Å². The number of hydrogen-bond acceptors (Lipinski definition) is 7. The summed E-state index contributed by atoms with van der Waals surface area (Å²) in [6.45, 7) is 3.21. The van der Waals surface area contributed by atoms with Crippen LogP contribution in [0.1, 0.15) is 41.7 Å². The Morgan fingerprint density at radius 3 is 2.55 bits per heavy atom. The molecular formula is C30H29N7O. The van der Waals surface area contributed by atoms with Gasteiger partial charge in [-0.2, -0.15) is 10.4 Å². The highest BCUT2D eigenvalue weighted by molar-refractivity contribution is 5.81. The molecule has 8 heteroatoms. The fraction of sp³-hybridized carbons (Fsp3) is 0.267. The van der Waals surface area contributed by atoms with E-state index in [2.05, 4.69) is 55.6 Å². The molecule has 38 heavy (non-hydrogen) atoms. The van der Waals surface area contributed by atoms with Gasteiger partial charge in [0.1, 0.15) is 18.0 Å². The predicted molar refractivity (Wildman–Crippen MR) is 148 cm³/mol. The first-order valence-electron chi connectivity index (χ1n) is 13.0. The van der Waals surface area contributed by atoms with Crippen molar-refractivity contribution in [3.63, 3.8) is 0 Å². The SMILES string of the molecule is N#Cc1cnc(-c2ccc(CN3CCC(n4ncc5c4NC=NCC5O)CC3)cc2)c(-c2ccccc2)c1. The Hall–Kier alpha value is -4.32. The minimum absolute atomic E-state index is 0.294. The molecule has 6 rings (SSSR count). The number of hydrogen-bond donors (Lipinski definition) is 2. The molecule has 2 N–H and O–H groups in total. The molecule has 0 aliphatic carbocycles. The summed E-state index contributed by atoms with van der Waals surface area (Å²) in [4.78, 5) is 11.3. The van der Waals surface area contributed by atoms with E-state index < -0.39 is 6.10 Å². The van der Waals surface area contributed by atoms with Crippen molar-refractivity contribution in [1.82, 2.24) is 19.7 Å². The van der Waals surface area contributed by atoms with Gasteiger partial charge in [-0.25, -0.2) is 4.68 Å². The predicted octanol–water partition coefficient (Wildman–Crippen LogP) is 4.81. The number of aliphatic hydroxyl groups is 1. The lowest BCUT2D eigenvalue weighted by Gasteiger charge is -2.32. The first-order valence-corrected chi connectivity index (χ1v) is 13.0. The minimum Gasteiger partial charge on any atom is -0.386 e. The maximum atomic E-state index is 10.3. The van der Waals surface area contributed by atoms with Crippen molar-refractivity contribution in [3.05, 3.63) is 89.7 Å². The maximum Gasteiger partial charge on any atom is 0.135 e. The van der Waals surface area contributed by atoms with Gasteiger partial charge < -0.3 is 10.4 Å². The lowest BCUT2D eigenvalue weighted by atomic mass is 9.97. The molecule has 0 amide bonds. The number of likely N-dealkylation sites (tertiary alicyclic amines) is 1. The molecule has 190 valence electrons. The molecule has 8 nitrogen and oxygen atoms in total. The lowest BCUT2D eigenvalue weighted by molar-refractivity contribution is 0.173. The summed E-state index contributed by atoms with van der Waals surface area (Å²) in [5.41, 5.74) is 6.56. The van der Waals surface area contributed by atoms with Crippen LogP contribution < -0.4 is 5.32 Å². The standard InChI is InChI=1S/C30H29N7O/c31-15-22-14-26(23-4-2-1-3-5-23)29(33-16-22)24-8-6-21(7-9-24)19-36-12-10-25(11-13-36)37-30-27(17-35-37)28(38)18-32-20-34-30/h1-9,14,16-17,20,25,28,38H,10-13,18-19H2,(H,32,34). The zero-order valence-electron chi connectivity index (χ0n) is 21.0. The number of pyridine rings is 1. The van der Waals surface area contributed by atoms with Crippen molar-refractivity contribution in [3.8, 4) is 28.5 Å². The summed E-state index contributed by atoms with van der Waals surface area (Å²) in [5.74, 6) is 0.860. The van der Waals surface area contributed by atoms with Gasteiger partial charge in [-0.3, -0.25) is 14.9 Å². The van der Waals surface area contributed by atoms with Crippen molar-refractivity contribution >= 4 is 12.2 Å². The molecule has 1 saturated heterocycles. The van der Waals surface area contributed by atoms with E-state index in [1.54, 1.807) is 18.7 Å². The molecule has 0 saturated carbocycles. The monoisotopic (exact) mass is 503 g/mol. The van der Waals surface area contributed by atoms with Crippen LogP contribution in [0.3, 0.4) is 0 Å². The molecule has 0 spiro atoms. The number of fused-ring (bicyclic) bond motifs is 1. The molecule has 0 bridgehead atoms. The van der Waals surface area contributed by atoms with Gasteiger partial charge in [-0.1, -0.05) is 54.6 Å². The van der Waals surface area contributed by atoms with E-state index in [4.69, 9.17) is 0 Å². The number of aliphatic hydroxyl groups excluding tert-OH is 1. The van der Waals surface area contributed by atoms with Crippen LogP contribution in [0.4, 0.5) is 5.82 Å². The third-order valence-electron chi connectivity index (χ3n) is 7.39. The van der Waals surface area contributed by atoms with Gasteiger partial charge in [-0.05, 0) is 30.0 Å². The van der Waals surface area contributed by atoms with Gasteiger partial charge in [-0.15, -0.1) is 0 Å². The van der Waals surface area contributed by atoms with Gasteiger partial charge in [0.25, 0.3) is 0 Å². The highest BCUT2D eigenvalue weighted by Gasteiger charge is 2.27. The van der Waals surface area contributed by atoms with Gasteiger partial charge in [0.05, 0.1) is 36.4 Å². The normalized spacial score (nSPS) is 17.8. The van der Waals surface area contributed by atoms with E-state index in [0.29, 0.717) is 18.2 Å². The molecule has 1 unspecified atom stereocenters. The lowest BCUT2D eigenvalue weighted by Crippen LogP contribution is -2.34. The molecular weight excluding hydrogens is 474 g/mol. The topological polar surface area (TPSA) is 102 Å². The molecule has 4 heterocycles. The Morgan fingerprint density at radius 2 is 1.79 bits per heavy atom. The molecule has 2 aliphatic heterocycles. The summed E-state index contributed by atoms with van der Waals surface area (Å²) in [6.07, 6.45) is 6.44. The summed E-state index contributed by atoms with van der Waals surface area (Å²) in [5, 5.41) is 27.5. The number of anilines is 1. The summed E-state index contributed by atoms with van der Waals surface area (Å²) in [7, 11) is 0. The Labute approximate surface area is 221 Å². The van der Waals surface area contributed by atoms with Gasteiger partial charge in [0.2, 0.25) is 0 Å². The van der Waals surface area contributed by atoms with E-state index in [0.717, 1.165) is 66.2 Å². The molecule has 2 aromatic carbocycles. The molecule has 1 fully saturated rings. The third-order valence-corrected chi connectivity index (χ3v) is 7.39. The van der Waals surface area contributed by atoms with Gasteiger partial charge >= 0.3 is 0 Å². The Kier molecular flexibility index (Phi) is 6.69. The molecule has 2 aliphatic rings. The largest absolute Gasteiger partial charge is 0.386 e. The first-order chi connectivity index (χ1) is 18.7. The highest BCUT2D eigenvalue weighted by atomic mass is 16.3. The summed E-state index contributed by atoms with van der Waals surface area (Å²) >= 11 is 0. The van der Waals surface area contributed by atoms with Crippen LogP contribution in [0.5, 0.6) is 0 Å². The van der Waals surface area contributed by atoms with Crippen LogP contribution in [0.2, 0.25) is 0 Å². The molecule has 0 radical (unpaired) electrons. The number of piperidine rings is 1. The van der Waals surface area contributed by atoms with Crippen LogP contribution in [0.25, 0.3) is 22.4 Å². The second-order valence-electron chi connectivity index (χ2n) is 9.85. The maximum absolute atomic E-state index is 10.3. The Morgan fingerprint density at radius 1 is 1.00 bits per heavy atom.